The normalized spacial score (nSPS) is 38.6. The van der Waals surface area contributed by atoms with Gasteiger partial charge in [0.25, 0.3) is 0 Å². The van der Waals surface area contributed by atoms with Gasteiger partial charge in [0, 0.05) is 17.8 Å². The summed E-state index contributed by atoms with van der Waals surface area (Å²) in [6, 6.07) is 0.492. The Kier molecular flexibility index (Phi) is 3.81. The first-order valence-electron chi connectivity index (χ1n) is 7.57. The summed E-state index contributed by atoms with van der Waals surface area (Å²) in [5.74, 6) is 1.30. The van der Waals surface area contributed by atoms with Crippen LogP contribution in [-0.2, 0) is 9.84 Å². The van der Waals surface area contributed by atoms with Crippen LogP contribution < -0.4 is 5.32 Å². The van der Waals surface area contributed by atoms with Gasteiger partial charge in [0.05, 0.1) is 5.75 Å². The lowest BCUT2D eigenvalue weighted by Gasteiger charge is -2.44. The number of sulfone groups is 1. The molecule has 2 saturated carbocycles. The van der Waals surface area contributed by atoms with Crippen LogP contribution in [0.3, 0.4) is 0 Å². The van der Waals surface area contributed by atoms with Crippen LogP contribution in [0.15, 0.2) is 0 Å². The van der Waals surface area contributed by atoms with Crippen LogP contribution in [0.5, 0.6) is 0 Å². The highest BCUT2D eigenvalue weighted by Crippen LogP contribution is 2.62. The third-order valence-electron chi connectivity index (χ3n) is 5.66. The van der Waals surface area contributed by atoms with Gasteiger partial charge in [0.15, 0.2) is 9.84 Å². The summed E-state index contributed by atoms with van der Waals surface area (Å²) in [5, 5.41) is 3.65. The Morgan fingerprint density at radius 3 is 2.42 bits per heavy atom. The molecule has 0 aromatic carbocycles. The van der Waals surface area contributed by atoms with Gasteiger partial charge >= 0.3 is 0 Å². The van der Waals surface area contributed by atoms with Crippen LogP contribution in [0.4, 0.5) is 0 Å². The van der Waals surface area contributed by atoms with E-state index < -0.39 is 9.84 Å². The highest BCUT2D eigenvalue weighted by atomic mass is 32.2. The van der Waals surface area contributed by atoms with E-state index in [9.17, 15) is 8.42 Å². The van der Waals surface area contributed by atoms with E-state index in [1.807, 2.05) is 6.92 Å². The number of hydrogen-bond donors (Lipinski definition) is 1. The Balaban J connectivity index is 2.07. The summed E-state index contributed by atoms with van der Waals surface area (Å²) < 4.78 is 23.5. The number of fused-ring (bicyclic) bond motifs is 2. The molecule has 0 aliphatic heterocycles. The molecule has 2 aliphatic rings. The highest BCUT2D eigenvalue weighted by Gasteiger charge is 2.59. The van der Waals surface area contributed by atoms with Crippen molar-refractivity contribution in [1.29, 1.82) is 0 Å². The average molecular weight is 287 g/mol. The second kappa shape index (κ2) is 4.73. The lowest BCUT2D eigenvalue weighted by molar-refractivity contribution is 0.102. The van der Waals surface area contributed by atoms with Crippen molar-refractivity contribution in [2.24, 2.45) is 16.7 Å². The van der Waals surface area contributed by atoms with Crippen molar-refractivity contribution in [2.45, 2.75) is 66.0 Å². The molecular weight excluding hydrogens is 258 g/mol. The van der Waals surface area contributed by atoms with Crippen molar-refractivity contribution < 1.29 is 8.42 Å². The standard InChI is InChI=1S/C15H29NO2S/c1-6-19(17,18)10-11(2)16-13-14(3,4)12-7-8-15(13,5)9-12/h11-13,16H,6-10H2,1-5H3. The van der Waals surface area contributed by atoms with Crippen LogP contribution >= 0.6 is 0 Å². The summed E-state index contributed by atoms with van der Waals surface area (Å²) in [6.45, 7) is 10.8. The molecule has 3 nitrogen and oxygen atoms in total. The summed E-state index contributed by atoms with van der Waals surface area (Å²) in [5.41, 5.74) is 0.648. The SMILES string of the molecule is CCS(=O)(=O)CC(C)NC1C2(C)CCC(C2)C1(C)C. The molecule has 2 rings (SSSR count). The average Bonchev–Trinajstić information content (AvgIpc) is 2.75. The Labute approximate surface area is 118 Å². The van der Waals surface area contributed by atoms with E-state index in [2.05, 4.69) is 26.1 Å². The van der Waals surface area contributed by atoms with Crippen LogP contribution in [0, 0.1) is 16.7 Å². The summed E-state index contributed by atoms with van der Waals surface area (Å²) in [4.78, 5) is 0. The maximum Gasteiger partial charge on any atom is 0.151 e. The number of nitrogens with one attached hydrogen (secondary N) is 1. The second-order valence-corrected chi connectivity index (χ2v) is 10.0. The van der Waals surface area contributed by atoms with E-state index in [1.54, 1.807) is 6.92 Å². The Morgan fingerprint density at radius 1 is 1.32 bits per heavy atom. The minimum atomic E-state index is -2.89. The maximum atomic E-state index is 11.7. The lowest BCUT2D eigenvalue weighted by Crippen LogP contribution is -2.54. The lowest BCUT2D eigenvalue weighted by atomic mass is 9.68. The first-order valence-corrected chi connectivity index (χ1v) is 9.39. The number of rotatable bonds is 5. The fourth-order valence-electron chi connectivity index (χ4n) is 4.55. The van der Waals surface area contributed by atoms with Gasteiger partial charge in [0.2, 0.25) is 0 Å². The predicted molar refractivity (Wildman–Crippen MR) is 79.9 cm³/mol. The molecule has 2 fully saturated rings. The summed E-state index contributed by atoms with van der Waals surface area (Å²) >= 11 is 0. The van der Waals surface area contributed by atoms with E-state index in [1.165, 1.54) is 19.3 Å². The maximum absolute atomic E-state index is 11.7. The van der Waals surface area contributed by atoms with Gasteiger partial charge in [-0.15, -0.1) is 0 Å². The molecule has 4 heteroatoms. The predicted octanol–water partition coefficient (Wildman–Crippen LogP) is 2.61. The molecule has 0 aromatic rings. The molecule has 2 bridgehead atoms. The fraction of sp³-hybridized carbons (Fsp3) is 1.00. The third-order valence-corrected chi connectivity index (χ3v) is 7.55. The first kappa shape index (κ1) is 15.3. The first-order chi connectivity index (χ1) is 8.61. The van der Waals surface area contributed by atoms with Crippen molar-refractivity contribution in [3.8, 4) is 0 Å². The molecule has 4 atom stereocenters. The molecule has 19 heavy (non-hydrogen) atoms. The van der Waals surface area contributed by atoms with Crippen molar-refractivity contribution in [3.05, 3.63) is 0 Å². The second-order valence-electron chi connectivity index (χ2n) is 7.61. The topological polar surface area (TPSA) is 46.2 Å². The molecule has 1 N–H and O–H groups in total. The molecule has 0 aromatic heterocycles. The third kappa shape index (κ3) is 2.71. The molecule has 0 amide bonds. The molecule has 112 valence electrons. The summed E-state index contributed by atoms with van der Waals surface area (Å²) in [7, 11) is -2.89. The van der Waals surface area contributed by atoms with E-state index >= 15 is 0 Å². The van der Waals surface area contributed by atoms with Crippen LogP contribution in [0.1, 0.15) is 53.9 Å². The molecule has 0 heterocycles. The molecule has 0 radical (unpaired) electrons. The van der Waals surface area contributed by atoms with Gasteiger partial charge in [-0.1, -0.05) is 27.7 Å². The number of hydrogen-bond acceptors (Lipinski definition) is 3. The van der Waals surface area contributed by atoms with Gasteiger partial charge in [-0.25, -0.2) is 8.42 Å². The molecular formula is C15H29NO2S. The smallest absolute Gasteiger partial charge is 0.151 e. The van der Waals surface area contributed by atoms with Gasteiger partial charge in [0.1, 0.15) is 0 Å². The fourth-order valence-corrected chi connectivity index (χ4v) is 5.64. The zero-order valence-corrected chi connectivity index (χ0v) is 13.8. The summed E-state index contributed by atoms with van der Waals surface area (Å²) in [6.07, 6.45) is 3.92. The van der Waals surface area contributed by atoms with E-state index in [0.717, 1.165) is 5.92 Å². The zero-order chi connectivity index (χ0) is 14.5. The van der Waals surface area contributed by atoms with Crippen molar-refractivity contribution in [1.82, 2.24) is 5.32 Å². The van der Waals surface area contributed by atoms with E-state index in [4.69, 9.17) is 0 Å². The monoisotopic (exact) mass is 287 g/mol. The Hall–Kier alpha value is -0.0900. The molecule has 2 aliphatic carbocycles. The minimum Gasteiger partial charge on any atom is -0.309 e. The van der Waals surface area contributed by atoms with Crippen LogP contribution in [0.2, 0.25) is 0 Å². The van der Waals surface area contributed by atoms with Crippen molar-refractivity contribution in [2.75, 3.05) is 11.5 Å². The zero-order valence-electron chi connectivity index (χ0n) is 13.0. The quantitative estimate of drug-likeness (QED) is 0.845. The van der Waals surface area contributed by atoms with Crippen molar-refractivity contribution >= 4 is 9.84 Å². The van der Waals surface area contributed by atoms with Crippen LogP contribution in [-0.4, -0.2) is 32.0 Å². The minimum absolute atomic E-state index is 0.0467. The molecule has 0 saturated heterocycles. The van der Waals surface area contributed by atoms with Crippen molar-refractivity contribution in [3.63, 3.8) is 0 Å². The Bertz CT molecular complexity index is 438. The molecule has 4 unspecified atom stereocenters. The van der Waals surface area contributed by atoms with Gasteiger partial charge in [-0.05, 0) is 42.9 Å². The van der Waals surface area contributed by atoms with E-state index in [0.29, 0.717) is 11.5 Å². The van der Waals surface area contributed by atoms with Gasteiger partial charge in [-0.3, -0.25) is 0 Å². The van der Waals surface area contributed by atoms with Gasteiger partial charge in [-0.2, -0.15) is 0 Å². The van der Waals surface area contributed by atoms with E-state index in [-0.39, 0.29) is 23.0 Å². The van der Waals surface area contributed by atoms with Gasteiger partial charge < -0.3 is 5.32 Å². The molecule has 0 spiro atoms. The Morgan fingerprint density at radius 2 is 1.95 bits per heavy atom. The highest BCUT2D eigenvalue weighted by molar-refractivity contribution is 7.91. The van der Waals surface area contributed by atoms with Crippen LogP contribution in [0.25, 0.3) is 0 Å². The largest absolute Gasteiger partial charge is 0.309 e.